The van der Waals surface area contributed by atoms with Crippen molar-refractivity contribution in [3.8, 4) is 0 Å². The second-order valence-electron chi connectivity index (χ2n) is 3.53. The maximum Gasteiger partial charge on any atom is 0.331 e. The number of unbranched alkanes of at least 4 members (excludes halogenated alkanes) is 2. The molecule has 4 heteroatoms. The number of hydrogen-bond acceptors (Lipinski definition) is 4. The van der Waals surface area contributed by atoms with Gasteiger partial charge in [0.25, 0.3) is 0 Å². The molecule has 0 saturated carbocycles. The molecule has 0 rings (SSSR count). The Hall–Kier alpha value is -1.84. The van der Waals surface area contributed by atoms with Gasteiger partial charge in [-0.1, -0.05) is 12.2 Å². The summed E-state index contributed by atoms with van der Waals surface area (Å²) in [6.45, 7) is 7.76. The van der Waals surface area contributed by atoms with Crippen LogP contribution in [0.2, 0.25) is 0 Å². The number of ether oxygens (including phenoxy) is 2. The molecule has 0 aromatic carbocycles. The fourth-order valence-electron chi connectivity index (χ4n) is 1.03. The Morgan fingerprint density at radius 1 is 0.833 bits per heavy atom. The van der Waals surface area contributed by atoms with Gasteiger partial charge < -0.3 is 9.47 Å². The largest absolute Gasteiger partial charge is 0.463 e. The molecule has 0 unspecified atom stereocenters. The van der Waals surface area contributed by atoms with E-state index in [0.29, 0.717) is 13.2 Å². The summed E-state index contributed by atoms with van der Waals surface area (Å²) in [7, 11) is 0. The van der Waals surface area contributed by atoms with E-state index < -0.39 is 11.9 Å². The summed E-state index contributed by atoms with van der Waals surface area (Å²) in [4.78, 5) is 22.3. The lowest BCUT2D eigenvalue weighted by Gasteiger charge is -2.00. The lowest BCUT2D eigenvalue weighted by Crippen LogP contribution is -2.06. The zero-order chi connectivity index (χ0) is 13.6. The van der Waals surface area contributed by atoms with Gasteiger partial charge in [0, 0.05) is 12.2 Å². The van der Waals surface area contributed by atoms with Gasteiger partial charge in [-0.15, -0.1) is 13.2 Å². The van der Waals surface area contributed by atoms with Crippen molar-refractivity contribution in [2.24, 2.45) is 0 Å². The van der Waals surface area contributed by atoms with Crippen molar-refractivity contribution >= 4 is 11.9 Å². The van der Waals surface area contributed by atoms with Crippen LogP contribution in [-0.2, 0) is 19.1 Å². The molecule has 0 radical (unpaired) electrons. The smallest absolute Gasteiger partial charge is 0.331 e. The molecule has 0 aromatic heterocycles. The van der Waals surface area contributed by atoms with E-state index in [9.17, 15) is 9.59 Å². The van der Waals surface area contributed by atoms with Crippen LogP contribution in [-0.4, -0.2) is 25.2 Å². The molecular weight excluding hydrogens is 232 g/mol. The first-order valence-electron chi connectivity index (χ1n) is 5.94. The predicted octanol–water partition coefficient (Wildman–Crippen LogP) is 2.56. The highest BCUT2D eigenvalue weighted by Crippen LogP contribution is 1.94. The summed E-state index contributed by atoms with van der Waals surface area (Å²) >= 11 is 0. The normalized spacial score (nSPS) is 10.0. The first kappa shape index (κ1) is 16.2. The van der Waals surface area contributed by atoms with Crippen molar-refractivity contribution in [2.75, 3.05) is 13.2 Å². The molecule has 18 heavy (non-hydrogen) atoms. The van der Waals surface area contributed by atoms with Gasteiger partial charge >= 0.3 is 11.9 Å². The molecule has 0 amide bonds. The highest BCUT2D eigenvalue weighted by Gasteiger charge is 2.00. The van der Waals surface area contributed by atoms with Gasteiger partial charge in [-0.25, -0.2) is 9.59 Å². The molecule has 0 aliphatic carbocycles. The standard InChI is InChI=1S/C14H20O4/c1-3-5-7-11-17-13(15)9-10-14(16)18-12-8-6-4-2/h3-4,9-10H,1-2,5-8,11-12H2/b10-9-. The quantitative estimate of drug-likeness (QED) is 0.259. The van der Waals surface area contributed by atoms with Crippen molar-refractivity contribution < 1.29 is 19.1 Å². The lowest BCUT2D eigenvalue weighted by molar-refractivity contribution is -0.140. The van der Waals surface area contributed by atoms with Gasteiger partial charge in [0.15, 0.2) is 0 Å². The van der Waals surface area contributed by atoms with Crippen molar-refractivity contribution in [3.05, 3.63) is 37.5 Å². The molecule has 0 heterocycles. The molecule has 0 spiro atoms. The Kier molecular flexibility index (Phi) is 10.4. The summed E-state index contributed by atoms with van der Waals surface area (Å²) in [5.74, 6) is -1.08. The van der Waals surface area contributed by atoms with Crippen LogP contribution in [0.25, 0.3) is 0 Å². The van der Waals surface area contributed by atoms with E-state index in [0.717, 1.165) is 37.8 Å². The summed E-state index contributed by atoms with van der Waals surface area (Å²) in [6.07, 6.45) is 8.71. The molecule has 0 aliphatic heterocycles. The van der Waals surface area contributed by atoms with Crippen molar-refractivity contribution in [1.82, 2.24) is 0 Å². The lowest BCUT2D eigenvalue weighted by atomic mass is 10.3. The van der Waals surface area contributed by atoms with Gasteiger partial charge in [0.05, 0.1) is 13.2 Å². The molecule has 0 fully saturated rings. The fourth-order valence-corrected chi connectivity index (χ4v) is 1.03. The molecule has 0 atom stereocenters. The van der Waals surface area contributed by atoms with Crippen molar-refractivity contribution in [3.63, 3.8) is 0 Å². The average Bonchev–Trinajstić information content (AvgIpc) is 2.37. The van der Waals surface area contributed by atoms with Crippen LogP contribution in [0.3, 0.4) is 0 Å². The third kappa shape index (κ3) is 10.7. The second kappa shape index (κ2) is 11.6. The molecule has 0 saturated heterocycles. The van der Waals surface area contributed by atoms with E-state index in [1.54, 1.807) is 12.2 Å². The second-order valence-corrected chi connectivity index (χ2v) is 3.53. The van der Waals surface area contributed by atoms with E-state index in [4.69, 9.17) is 9.47 Å². The first-order valence-corrected chi connectivity index (χ1v) is 5.94. The van der Waals surface area contributed by atoms with E-state index >= 15 is 0 Å². The molecular formula is C14H20O4. The SMILES string of the molecule is C=CCCCOC(=O)/C=C\C(=O)OCCCC=C. The van der Waals surface area contributed by atoms with E-state index in [1.165, 1.54) is 0 Å². The van der Waals surface area contributed by atoms with Crippen LogP contribution < -0.4 is 0 Å². The minimum absolute atomic E-state index is 0.323. The van der Waals surface area contributed by atoms with Crippen LogP contribution in [0.5, 0.6) is 0 Å². The maximum absolute atomic E-state index is 11.1. The van der Waals surface area contributed by atoms with E-state index in [2.05, 4.69) is 13.2 Å². The van der Waals surface area contributed by atoms with E-state index in [1.807, 2.05) is 0 Å². The summed E-state index contributed by atoms with van der Waals surface area (Å²) in [5, 5.41) is 0. The zero-order valence-corrected chi connectivity index (χ0v) is 10.6. The zero-order valence-electron chi connectivity index (χ0n) is 10.6. The van der Waals surface area contributed by atoms with Crippen molar-refractivity contribution in [2.45, 2.75) is 25.7 Å². The number of carbonyl (C=O) groups is 2. The van der Waals surface area contributed by atoms with Crippen LogP contribution in [0.4, 0.5) is 0 Å². The van der Waals surface area contributed by atoms with Crippen LogP contribution in [0.15, 0.2) is 37.5 Å². The molecule has 100 valence electrons. The highest BCUT2D eigenvalue weighted by atomic mass is 16.5. The first-order chi connectivity index (χ1) is 8.70. The van der Waals surface area contributed by atoms with Crippen molar-refractivity contribution in [1.29, 1.82) is 0 Å². The Morgan fingerprint density at radius 3 is 1.56 bits per heavy atom. The Labute approximate surface area is 108 Å². The number of esters is 2. The molecule has 4 nitrogen and oxygen atoms in total. The molecule has 0 bridgehead atoms. The summed E-state index contributed by atoms with van der Waals surface area (Å²) in [5.41, 5.74) is 0. The number of carbonyl (C=O) groups excluding carboxylic acids is 2. The van der Waals surface area contributed by atoms with Gasteiger partial charge in [0.2, 0.25) is 0 Å². The van der Waals surface area contributed by atoms with Crippen LogP contribution >= 0.6 is 0 Å². The molecule has 0 aromatic rings. The summed E-state index contributed by atoms with van der Waals surface area (Å²) in [6, 6.07) is 0. The highest BCUT2D eigenvalue weighted by molar-refractivity contribution is 5.91. The molecule has 0 N–H and O–H groups in total. The van der Waals surface area contributed by atoms with E-state index in [-0.39, 0.29) is 0 Å². The fraction of sp³-hybridized carbons (Fsp3) is 0.429. The summed E-state index contributed by atoms with van der Waals surface area (Å²) < 4.78 is 9.69. The number of rotatable bonds is 10. The minimum Gasteiger partial charge on any atom is -0.463 e. The Bertz CT molecular complexity index is 275. The van der Waals surface area contributed by atoms with Gasteiger partial charge in [-0.05, 0) is 25.7 Å². The van der Waals surface area contributed by atoms with Gasteiger partial charge in [0.1, 0.15) is 0 Å². The molecule has 0 aliphatic rings. The topological polar surface area (TPSA) is 52.6 Å². The Morgan fingerprint density at radius 2 is 1.22 bits per heavy atom. The van der Waals surface area contributed by atoms with Crippen LogP contribution in [0, 0.1) is 0 Å². The predicted molar refractivity (Wildman–Crippen MR) is 69.9 cm³/mol. The number of allylic oxidation sites excluding steroid dienone is 2. The van der Waals surface area contributed by atoms with Gasteiger partial charge in [-0.3, -0.25) is 0 Å². The average molecular weight is 252 g/mol. The third-order valence-electron chi connectivity index (χ3n) is 1.95. The van der Waals surface area contributed by atoms with Gasteiger partial charge in [-0.2, -0.15) is 0 Å². The maximum atomic E-state index is 11.1. The minimum atomic E-state index is -0.540. The van der Waals surface area contributed by atoms with Crippen LogP contribution in [0.1, 0.15) is 25.7 Å². The third-order valence-corrected chi connectivity index (χ3v) is 1.95. The number of hydrogen-bond donors (Lipinski definition) is 0. The monoisotopic (exact) mass is 252 g/mol. The Balaban J connectivity index is 3.64.